The van der Waals surface area contributed by atoms with Crippen LogP contribution in [0.5, 0.6) is 0 Å². The van der Waals surface area contributed by atoms with Crippen molar-refractivity contribution in [1.82, 2.24) is 21.3 Å². The molecule has 3 rings (SSSR count). The van der Waals surface area contributed by atoms with Crippen molar-refractivity contribution in [3.8, 4) is 0 Å². The van der Waals surface area contributed by atoms with Gasteiger partial charge < -0.3 is 25.8 Å². The van der Waals surface area contributed by atoms with Gasteiger partial charge in [-0.15, -0.1) is 0 Å². The largest absolute Gasteiger partial charge is 0.480 e. The van der Waals surface area contributed by atoms with Crippen molar-refractivity contribution in [2.75, 3.05) is 6.54 Å². The monoisotopic (exact) mass is 490 g/mol. The maximum atomic E-state index is 12.8. The lowest BCUT2D eigenvalue weighted by Crippen LogP contribution is -2.55. The fourth-order valence-corrected chi connectivity index (χ4v) is 4.71. The van der Waals surface area contributed by atoms with Crippen LogP contribution in [-0.2, 0) is 30.7 Å². The van der Waals surface area contributed by atoms with Crippen LogP contribution in [0.15, 0.2) is 65.6 Å². The summed E-state index contributed by atoms with van der Waals surface area (Å²) < 4.78 is 30.9. The Morgan fingerprint density at radius 3 is 2.26 bits per heavy atom. The number of rotatable bonds is 9. The van der Waals surface area contributed by atoms with E-state index in [0.29, 0.717) is 0 Å². The van der Waals surface area contributed by atoms with E-state index < -0.39 is 51.5 Å². The Balaban J connectivity index is 1.54. The number of carboxylic acids is 1. The quantitative estimate of drug-likeness (QED) is 0.333. The average molecular weight is 491 g/mol. The highest BCUT2D eigenvalue weighted by Gasteiger charge is 2.44. The van der Waals surface area contributed by atoms with E-state index in [-0.39, 0.29) is 18.0 Å². The molecule has 0 radical (unpaired) electrons. The van der Waals surface area contributed by atoms with Crippen LogP contribution in [0.2, 0.25) is 0 Å². The van der Waals surface area contributed by atoms with Gasteiger partial charge in [-0.05, 0) is 24.6 Å². The maximum absolute atomic E-state index is 12.8. The maximum Gasteiger partial charge on any atom is 0.328 e. The molecule has 1 aliphatic heterocycles. The van der Waals surface area contributed by atoms with Crippen LogP contribution < -0.4 is 21.3 Å². The molecule has 34 heavy (non-hydrogen) atoms. The highest BCUT2D eigenvalue weighted by atomic mass is 32.2. The molecule has 12 heteroatoms. The molecule has 1 aliphatic rings. The minimum absolute atomic E-state index is 0.0230. The third kappa shape index (κ3) is 6.31. The van der Waals surface area contributed by atoms with Gasteiger partial charge in [0.25, 0.3) is 0 Å². The molecule has 3 amide bonds. The van der Waals surface area contributed by atoms with Gasteiger partial charge in [-0.3, -0.25) is 10.1 Å². The zero-order valence-electron chi connectivity index (χ0n) is 18.3. The smallest absolute Gasteiger partial charge is 0.328 e. The van der Waals surface area contributed by atoms with E-state index in [0.717, 1.165) is 5.56 Å². The van der Waals surface area contributed by atoms with Crippen LogP contribution in [0, 0.1) is 0 Å². The standard InChI is InChI=1S/C22H26N4O7S/c1-14-18(26-22(33-14)34(31,32)16-10-6-3-7-11-16)19(27)25-17(20(28)29)13-24-21(30)23-12-15-8-4-2-5-9-15/h2-11,14,17-18,22,26H,12-13H2,1H3,(H,25,27)(H,28,29)(H2,23,24,30). The minimum Gasteiger partial charge on any atom is -0.480 e. The lowest BCUT2D eigenvalue weighted by atomic mass is 10.1. The van der Waals surface area contributed by atoms with Crippen molar-refractivity contribution >= 4 is 27.7 Å². The van der Waals surface area contributed by atoms with Crippen molar-refractivity contribution in [3.63, 3.8) is 0 Å². The second-order valence-electron chi connectivity index (χ2n) is 7.62. The summed E-state index contributed by atoms with van der Waals surface area (Å²) in [5.41, 5.74) is -0.604. The fraction of sp³-hybridized carbons (Fsp3) is 0.318. The molecule has 0 spiro atoms. The molecule has 0 saturated carbocycles. The Morgan fingerprint density at radius 1 is 1.03 bits per heavy atom. The number of ether oxygens (including phenoxy) is 1. The zero-order valence-corrected chi connectivity index (χ0v) is 19.1. The fourth-order valence-electron chi connectivity index (χ4n) is 3.28. The molecule has 0 aliphatic carbocycles. The number of benzene rings is 2. The number of urea groups is 1. The van der Waals surface area contributed by atoms with E-state index in [1.165, 1.54) is 19.1 Å². The number of nitrogens with one attached hydrogen (secondary N) is 4. The second-order valence-corrected chi connectivity index (χ2v) is 9.61. The molecule has 0 bridgehead atoms. The van der Waals surface area contributed by atoms with Crippen LogP contribution in [0.25, 0.3) is 0 Å². The number of carbonyl (C=O) groups is 3. The first-order chi connectivity index (χ1) is 16.2. The molecule has 11 nitrogen and oxygen atoms in total. The van der Waals surface area contributed by atoms with E-state index in [4.69, 9.17) is 4.74 Å². The summed E-state index contributed by atoms with van der Waals surface area (Å²) in [4.78, 5) is 36.3. The molecule has 1 heterocycles. The van der Waals surface area contributed by atoms with Gasteiger partial charge in [-0.1, -0.05) is 48.5 Å². The summed E-state index contributed by atoms with van der Waals surface area (Å²) in [6.45, 7) is 1.37. The Bertz CT molecular complexity index is 1110. The van der Waals surface area contributed by atoms with Crippen molar-refractivity contribution < 1.29 is 32.6 Å². The molecule has 2 aromatic rings. The summed E-state index contributed by atoms with van der Waals surface area (Å²) in [7, 11) is -3.93. The molecule has 4 unspecified atom stereocenters. The number of carbonyl (C=O) groups excluding carboxylic acids is 2. The normalized spacial score (nSPS) is 20.8. The number of amides is 3. The van der Waals surface area contributed by atoms with Gasteiger partial charge in [-0.25, -0.2) is 18.0 Å². The predicted molar refractivity (Wildman–Crippen MR) is 121 cm³/mol. The molecular weight excluding hydrogens is 464 g/mol. The van der Waals surface area contributed by atoms with E-state index in [2.05, 4.69) is 21.3 Å². The first-order valence-corrected chi connectivity index (χ1v) is 12.0. The molecule has 2 aromatic carbocycles. The molecule has 1 saturated heterocycles. The van der Waals surface area contributed by atoms with Gasteiger partial charge in [0.15, 0.2) is 0 Å². The SMILES string of the molecule is CC1OC(S(=O)(=O)c2ccccc2)NC1C(=O)NC(CNC(=O)NCc1ccccc1)C(=O)O. The van der Waals surface area contributed by atoms with Gasteiger partial charge in [0.1, 0.15) is 12.1 Å². The average Bonchev–Trinajstić information content (AvgIpc) is 3.24. The molecule has 1 fully saturated rings. The Morgan fingerprint density at radius 2 is 1.65 bits per heavy atom. The number of hydrogen-bond donors (Lipinski definition) is 5. The van der Waals surface area contributed by atoms with Crippen molar-refractivity contribution in [2.24, 2.45) is 0 Å². The number of aliphatic carboxylic acids is 1. The van der Waals surface area contributed by atoms with Gasteiger partial charge >= 0.3 is 12.0 Å². The van der Waals surface area contributed by atoms with E-state index in [9.17, 15) is 27.9 Å². The molecule has 4 atom stereocenters. The first kappa shape index (κ1) is 25.1. The van der Waals surface area contributed by atoms with Crippen LogP contribution in [0.3, 0.4) is 0 Å². The number of sulfone groups is 1. The van der Waals surface area contributed by atoms with Crippen molar-refractivity contribution in [2.45, 2.75) is 42.1 Å². The lowest BCUT2D eigenvalue weighted by Gasteiger charge is -2.19. The van der Waals surface area contributed by atoms with Gasteiger partial charge in [0.05, 0.1) is 17.5 Å². The van der Waals surface area contributed by atoms with E-state index in [1.807, 2.05) is 30.3 Å². The molecule has 5 N–H and O–H groups in total. The molecule has 182 valence electrons. The first-order valence-electron chi connectivity index (χ1n) is 10.5. The Kier molecular flexibility index (Phi) is 8.21. The van der Waals surface area contributed by atoms with Gasteiger partial charge in [-0.2, -0.15) is 0 Å². The highest BCUT2D eigenvalue weighted by molar-refractivity contribution is 7.91. The molecule has 0 aromatic heterocycles. The van der Waals surface area contributed by atoms with E-state index in [1.54, 1.807) is 18.2 Å². The van der Waals surface area contributed by atoms with Crippen LogP contribution in [0.1, 0.15) is 12.5 Å². The Hall–Kier alpha value is -3.48. The van der Waals surface area contributed by atoms with Crippen molar-refractivity contribution in [3.05, 3.63) is 66.2 Å². The third-order valence-electron chi connectivity index (χ3n) is 5.14. The van der Waals surface area contributed by atoms with E-state index >= 15 is 0 Å². The van der Waals surface area contributed by atoms with Crippen molar-refractivity contribution in [1.29, 1.82) is 0 Å². The summed E-state index contributed by atoms with van der Waals surface area (Å²) in [5, 5.41) is 19.4. The topological polar surface area (TPSA) is 163 Å². The minimum atomic E-state index is -3.93. The third-order valence-corrected chi connectivity index (χ3v) is 6.88. The summed E-state index contributed by atoms with van der Waals surface area (Å²) in [5.74, 6) is -2.13. The number of carboxylic acid groups (broad SMARTS) is 1. The Labute approximate surface area is 196 Å². The van der Waals surface area contributed by atoms with Crippen LogP contribution in [-0.4, -0.2) is 61.7 Å². The summed E-state index contributed by atoms with van der Waals surface area (Å²) >= 11 is 0. The van der Waals surface area contributed by atoms with Crippen LogP contribution >= 0.6 is 0 Å². The summed E-state index contributed by atoms with van der Waals surface area (Å²) in [6.07, 6.45) is -0.847. The van der Waals surface area contributed by atoms with Gasteiger partial charge in [0, 0.05) is 6.54 Å². The van der Waals surface area contributed by atoms with Crippen LogP contribution in [0.4, 0.5) is 4.79 Å². The van der Waals surface area contributed by atoms with Gasteiger partial charge in [0.2, 0.25) is 21.3 Å². The highest BCUT2D eigenvalue weighted by Crippen LogP contribution is 2.22. The zero-order chi connectivity index (χ0) is 24.7. The number of hydrogen-bond acceptors (Lipinski definition) is 7. The lowest BCUT2D eigenvalue weighted by molar-refractivity contribution is -0.142. The second kappa shape index (κ2) is 11.1. The molecular formula is C22H26N4O7S. The predicted octanol–water partition coefficient (Wildman–Crippen LogP) is 0.190. The summed E-state index contributed by atoms with van der Waals surface area (Å²) in [6, 6.07) is 13.6.